The van der Waals surface area contributed by atoms with E-state index in [9.17, 15) is 10.1 Å². The van der Waals surface area contributed by atoms with Gasteiger partial charge in [-0.05, 0) is 34.7 Å². The van der Waals surface area contributed by atoms with Crippen molar-refractivity contribution in [1.29, 1.82) is 0 Å². The van der Waals surface area contributed by atoms with Crippen molar-refractivity contribution in [2.24, 2.45) is 11.7 Å². The zero-order valence-electron chi connectivity index (χ0n) is 11.5. The zero-order chi connectivity index (χ0) is 14.7. The molecule has 1 fully saturated rings. The van der Waals surface area contributed by atoms with E-state index in [2.05, 4.69) is 32.7 Å². The van der Waals surface area contributed by atoms with Crippen molar-refractivity contribution < 1.29 is 4.92 Å². The Labute approximate surface area is 126 Å². The summed E-state index contributed by atoms with van der Waals surface area (Å²) in [5.41, 5.74) is 6.52. The first kappa shape index (κ1) is 15.2. The quantitative estimate of drug-likeness (QED) is 0.671. The first-order valence-electron chi connectivity index (χ1n) is 6.83. The van der Waals surface area contributed by atoms with Gasteiger partial charge in [-0.2, -0.15) is 0 Å². The van der Waals surface area contributed by atoms with Crippen molar-refractivity contribution in [3.05, 3.63) is 27.0 Å². The van der Waals surface area contributed by atoms with E-state index in [1.165, 1.54) is 6.20 Å². The minimum atomic E-state index is -0.382. The maximum absolute atomic E-state index is 11.2. The summed E-state index contributed by atoms with van der Waals surface area (Å²) in [5, 5.41) is 11.2. The molecule has 1 saturated heterocycles. The summed E-state index contributed by atoms with van der Waals surface area (Å²) in [5.74, 6) is 0.652. The highest BCUT2D eigenvalue weighted by molar-refractivity contribution is 9.10. The van der Waals surface area contributed by atoms with Gasteiger partial charge in [-0.1, -0.05) is 13.3 Å². The summed E-state index contributed by atoms with van der Waals surface area (Å²) in [4.78, 5) is 16.8. The molecule has 0 aliphatic carbocycles. The number of halogens is 1. The van der Waals surface area contributed by atoms with E-state index in [1.807, 2.05) is 0 Å². The highest BCUT2D eigenvalue weighted by Gasteiger charge is 2.32. The van der Waals surface area contributed by atoms with Crippen LogP contribution in [0.15, 0.2) is 16.9 Å². The number of nitrogens with zero attached hydrogens (tertiary/aromatic N) is 3. The summed E-state index contributed by atoms with van der Waals surface area (Å²) in [6.45, 7) is 3.48. The number of aromatic nitrogens is 1. The largest absolute Gasteiger partial charge is 0.361 e. The van der Waals surface area contributed by atoms with E-state index in [-0.39, 0.29) is 16.7 Å². The fraction of sp³-hybridized carbons (Fsp3) is 0.615. The van der Waals surface area contributed by atoms with Crippen LogP contribution in [0, 0.1) is 16.0 Å². The highest BCUT2D eigenvalue weighted by Crippen LogP contribution is 2.39. The molecule has 2 heterocycles. The lowest BCUT2D eigenvalue weighted by Crippen LogP contribution is -2.47. The molecular weight excluding hydrogens is 324 g/mol. The maximum atomic E-state index is 11.2. The lowest BCUT2D eigenvalue weighted by atomic mass is 9.88. The Bertz CT molecular complexity index is 497. The van der Waals surface area contributed by atoms with Gasteiger partial charge in [0.05, 0.1) is 9.40 Å². The Hall–Kier alpha value is -1.21. The van der Waals surface area contributed by atoms with Crippen LogP contribution in [0.3, 0.4) is 0 Å². The minimum Gasteiger partial charge on any atom is -0.361 e. The molecule has 2 unspecified atom stereocenters. The van der Waals surface area contributed by atoms with Gasteiger partial charge in [0.25, 0.3) is 0 Å². The second-order valence-electron chi connectivity index (χ2n) is 5.13. The summed E-state index contributed by atoms with van der Waals surface area (Å²) >= 11 is 3.39. The van der Waals surface area contributed by atoms with E-state index in [1.54, 1.807) is 6.20 Å². The number of nitrogens with two attached hydrogens (primary N) is 1. The number of rotatable bonds is 4. The van der Waals surface area contributed by atoms with Crippen LogP contribution < -0.4 is 10.6 Å². The molecule has 0 aromatic carbocycles. The van der Waals surface area contributed by atoms with Crippen LogP contribution in [-0.4, -0.2) is 29.0 Å². The van der Waals surface area contributed by atoms with Gasteiger partial charge >= 0.3 is 5.69 Å². The van der Waals surface area contributed by atoms with Crippen LogP contribution in [0.25, 0.3) is 0 Å². The molecule has 0 amide bonds. The predicted octanol–water partition coefficient (Wildman–Crippen LogP) is 2.71. The van der Waals surface area contributed by atoms with Gasteiger partial charge in [0.2, 0.25) is 0 Å². The number of pyridine rings is 1. The Morgan fingerprint density at radius 3 is 2.95 bits per heavy atom. The molecule has 1 aliphatic heterocycles. The number of piperidine rings is 1. The third-order valence-corrected chi connectivity index (χ3v) is 4.59. The van der Waals surface area contributed by atoms with Gasteiger partial charge in [0.15, 0.2) is 0 Å². The van der Waals surface area contributed by atoms with Crippen LogP contribution in [0.2, 0.25) is 0 Å². The first-order valence-corrected chi connectivity index (χ1v) is 7.62. The molecule has 2 N–H and O–H groups in total. The molecule has 20 heavy (non-hydrogen) atoms. The number of nitro groups is 1. The topological polar surface area (TPSA) is 85.3 Å². The molecule has 0 bridgehead atoms. The van der Waals surface area contributed by atoms with Gasteiger partial charge in [-0.3, -0.25) is 15.1 Å². The fourth-order valence-electron chi connectivity index (χ4n) is 2.86. The summed E-state index contributed by atoms with van der Waals surface area (Å²) < 4.78 is 0.653. The van der Waals surface area contributed by atoms with Gasteiger partial charge < -0.3 is 10.6 Å². The molecule has 7 heteroatoms. The SMILES string of the molecule is CCC1CCN(c2c(Br)cncc2[N+](=O)[O-])C(CN)C1. The van der Waals surface area contributed by atoms with E-state index in [4.69, 9.17) is 5.73 Å². The molecular formula is C13H19BrN4O2. The lowest BCUT2D eigenvalue weighted by molar-refractivity contribution is -0.384. The third-order valence-electron chi connectivity index (χ3n) is 4.01. The third kappa shape index (κ3) is 2.93. The van der Waals surface area contributed by atoms with Crippen molar-refractivity contribution in [2.75, 3.05) is 18.0 Å². The van der Waals surface area contributed by atoms with Gasteiger partial charge in [0.1, 0.15) is 11.9 Å². The van der Waals surface area contributed by atoms with E-state index >= 15 is 0 Å². The highest BCUT2D eigenvalue weighted by atomic mass is 79.9. The van der Waals surface area contributed by atoms with Crippen LogP contribution in [0.5, 0.6) is 0 Å². The van der Waals surface area contributed by atoms with Crippen LogP contribution in [0.4, 0.5) is 11.4 Å². The average molecular weight is 343 g/mol. The molecule has 0 radical (unpaired) electrons. The van der Waals surface area contributed by atoms with E-state index in [0.29, 0.717) is 22.6 Å². The zero-order valence-corrected chi connectivity index (χ0v) is 13.0. The van der Waals surface area contributed by atoms with Crippen molar-refractivity contribution >= 4 is 27.3 Å². The second-order valence-corrected chi connectivity index (χ2v) is 5.98. The molecule has 1 aromatic heterocycles. The van der Waals surface area contributed by atoms with E-state index in [0.717, 1.165) is 25.8 Å². The molecule has 6 nitrogen and oxygen atoms in total. The second kappa shape index (κ2) is 6.49. The van der Waals surface area contributed by atoms with E-state index < -0.39 is 0 Å². The monoisotopic (exact) mass is 342 g/mol. The Morgan fingerprint density at radius 1 is 1.60 bits per heavy atom. The van der Waals surface area contributed by atoms with Crippen molar-refractivity contribution in [3.63, 3.8) is 0 Å². The molecule has 2 atom stereocenters. The molecule has 0 spiro atoms. The lowest BCUT2D eigenvalue weighted by Gasteiger charge is -2.40. The molecule has 0 saturated carbocycles. The predicted molar refractivity (Wildman–Crippen MR) is 81.8 cm³/mol. The smallest absolute Gasteiger partial charge is 0.311 e. The maximum Gasteiger partial charge on any atom is 0.311 e. The summed E-state index contributed by atoms with van der Waals surface area (Å²) in [6.07, 6.45) is 6.06. The Balaban J connectivity index is 2.37. The average Bonchev–Trinajstić information content (AvgIpc) is 2.46. The number of hydrogen-bond acceptors (Lipinski definition) is 5. The van der Waals surface area contributed by atoms with Crippen molar-refractivity contribution in [3.8, 4) is 0 Å². The molecule has 1 aromatic rings. The minimum absolute atomic E-state index is 0.0350. The summed E-state index contributed by atoms with van der Waals surface area (Å²) in [6, 6.07) is 0.145. The van der Waals surface area contributed by atoms with Crippen molar-refractivity contribution in [2.45, 2.75) is 32.2 Å². The molecule has 110 valence electrons. The number of hydrogen-bond donors (Lipinski definition) is 1. The first-order chi connectivity index (χ1) is 9.58. The van der Waals surface area contributed by atoms with Crippen LogP contribution >= 0.6 is 15.9 Å². The normalized spacial score (nSPS) is 22.9. The van der Waals surface area contributed by atoms with Gasteiger partial charge in [-0.25, -0.2) is 0 Å². The Morgan fingerprint density at radius 2 is 2.35 bits per heavy atom. The van der Waals surface area contributed by atoms with Crippen LogP contribution in [-0.2, 0) is 0 Å². The Kier molecular flexibility index (Phi) is 4.93. The standard InChI is InChI=1S/C13H19BrN4O2/c1-2-9-3-4-17(10(5-9)6-15)13-11(14)7-16-8-12(13)18(19)20/h7-10H,2-6,15H2,1H3. The van der Waals surface area contributed by atoms with Crippen LogP contribution in [0.1, 0.15) is 26.2 Å². The number of anilines is 1. The molecule has 1 aliphatic rings. The fourth-order valence-corrected chi connectivity index (χ4v) is 3.41. The molecule has 2 rings (SSSR count). The van der Waals surface area contributed by atoms with Crippen molar-refractivity contribution in [1.82, 2.24) is 4.98 Å². The summed E-state index contributed by atoms with van der Waals surface area (Å²) in [7, 11) is 0. The van der Waals surface area contributed by atoms with Gasteiger partial charge in [-0.15, -0.1) is 0 Å². The van der Waals surface area contributed by atoms with Gasteiger partial charge in [0, 0.05) is 25.3 Å².